The monoisotopic (exact) mass is 353 g/mol. The van der Waals surface area contributed by atoms with Gasteiger partial charge >= 0.3 is 5.97 Å². The number of hydrogen-bond donors (Lipinski definition) is 1. The van der Waals surface area contributed by atoms with E-state index in [1.54, 1.807) is 6.07 Å². The van der Waals surface area contributed by atoms with Crippen molar-refractivity contribution in [3.63, 3.8) is 0 Å². The highest BCUT2D eigenvalue weighted by atomic mass is 32.2. The maximum atomic E-state index is 12.0. The number of carbonyl (C=O) groups excluding carboxylic acids is 2. The summed E-state index contributed by atoms with van der Waals surface area (Å²) in [4.78, 5) is 25.3. The van der Waals surface area contributed by atoms with E-state index in [2.05, 4.69) is 4.72 Å². The number of ether oxygens (including phenoxy) is 1. The Bertz CT molecular complexity index is 839. The Morgan fingerprint density at radius 3 is 2.57 bits per heavy atom. The Labute approximate surface area is 138 Å². The van der Waals surface area contributed by atoms with Crippen molar-refractivity contribution in [2.24, 2.45) is 0 Å². The van der Waals surface area contributed by atoms with Crippen LogP contribution in [-0.4, -0.2) is 33.8 Å². The number of carbonyl (C=O) groups is 2. The van der Waals surface area contributed by atoms with E-state index in [1.807, 2.05) is 13.0 Å². The third kappa shape index (κ3) is 4.25. The average Bonchev–Trinajstić information content (AvgIpc) is 2.99. The van der Waals surface area contributed by atoms with Crippen LogP contribution in [0.3, 0.4) is 0 Å². The van der Waals surface area contributed by atoms with E-state index in [4.69, 9.17) is 4.74 Å². The summed E-state index contributed by atoms with van der Waals surface area (Å²) in [5, 5.41) is 0. The van der Waals surface area contributed by atoms with Gasteiger partial charge in [0.15, 0.2) is 6.61 Å². The predicted octanol–water partition coefficient (Wildman–Crippen LogP) is 2.00. The summed E-state index contributed by atoms with van der Waals surface area (Å²) < 4.78 is 30.5. The second-order valence-corrected chi connectivity index (χ2v) is 7.82. The molecule has 0 spiro atoms. The quantitative estimate of drug-likeness (QED) is 0.634. The average molecular weight is 353 g/mol. The van der Waals surface area contributed by atoms with E-state index in [0.717, 1.165) is 4.88 Å². The molecule has 2 aromatic rings. The summed E-state index contributed by atoms with van der Waals surface area (Å²) in [6.45, 7) is 1.49. The molecule has 0 saturated heterocycles. The number of esters is 1. The number of nitrogens with one attached hydrogen (secondary N) is 1. The van der Waals surface area contributed by atoms with Gasteiger partial charge in [0.2, 0.25) is 15.8 Å². The minimum Gasteiger partial charge on any atom is -0.454 e. The lowest BCUT2D eigenvalue weighted by Gasteiger charge is -2.06. The van der Waals surface area contributed by atoms with E-state index in [9.17, 15) is 18.0 Å². The van der Waals surface area contributed by atoms with E-state index in [0.29, 0.717) is 4.88 Å². The van der Waals surface area contributed by atoms with Gasteiger partial charge in [-0.05, 0) is 44.3 Å². The molecular formula is C15H15NO5S2. The standard InChI is InChI=1S/C15H15NO5S2/c1-10-6-7-14(22-10)13(17)9-21-15(18)11-4-3-5-12(8-11)23(19,20)16-2/h3-8,16H,9H2,1-2H3. The fourth-order valence-electron chi connectivity index (χ4n) is 1.78. The Morgan fingerprint density at radius 1 is 1.22 bits per heavy atom. The van der Waals surface area contributed by atoms with Crippen molar-refractivity contribution >= 4 is 33.1 Å². The lowest BCUT2D eigenvalue weighted by atomic mass is 10.2. The van der Waals surface area contributed by atoms with Gasteiger partial charge in [0.25, 0.3) is 0 Å². The number of thiophene rings is 1. The second-order valence-electron chi connectivity index (χ2n) is 4.64. The number of ketones is 1. The molecule has 122 valence electrons. The molecule has 0 radical (unpaired) electrons. The van der Waals surface area contributed by atoms with E-state index < -0.39 is 16.0 Å². The lowest BCUT2D eigenvalue weighted by Crippen LogP contribution is -2.19. The summed E-state index contributed by atoms with van der Waals surface area (Å²) in [5.41, 5.74) is 0.0662. The van der Waals surface area contributed by atoms with Gasteiger partial charge in [0.1, 0.15) is 0 Å². The molecule has 23 heavy (non-hydrogen) atoms. The van der Waals surface area contributed by atoms with Crippen LogP contribution in [-0.2, 0) is 14.8 Å². The second kappa shape index (κ2) is 7.03. The van der Waals surface area contributed by atoms with Crippen LogP contribution < -0.4 is 4.72 Å². The van der Waals surface area contributed by atoms with Crippen molar-refractivity contribution in [3.8, 4) is 0 Å². The van der Waals surface area contributed by atoms with Gasteiger partial charge in [0, 0.05) is 4.88 Å². The number of Topliss-reactive ketones (excluding diaryl/α,β-unsaturated/α-hetero) is 1. The molecule has 0 atom stereocenters. The van der Waals surface area contributed by atoms with Crippen LogP contribution in [0.5, 0.6) is 0 Å². The highest BCUT2D eigenvalue weighted by molar-refractivity contribution is 7.89. The molecule has 0 amide bonds. The summed E-state index contributed by atoms with van der Waals surface area (Å²) in [6, 6.07) is 8.92. The number of hydrogen-bond acceptors (Lipinski definition) is 6. The lowest BCUT2D eigenvalue weighted by molar-refractivity contribution is 0.0475. The molecule has 6 nitrogen and oxygen atoms in total. The van der Waals surface area contributed by atoms with Gasteiger partial charge in [-0.2, -0.15) is 0 Å². The largest absolute Gasteiger partial charge is 0.454 e. The highest BCUT2D eigenvalue weighted by Crippen LogP contribution is 2.16. The molecular weight excluding hydrogens is 338 g/mol. The Kier molecular flexibility index (Phi) is 5.30. The van der Waals surface area contributed by atoms with Crippen molar-refractivity contribution in [3.05, 3.63) is 51.7 Å². The Morgan fingerprint density at radius 2 is 1.96 bits per heavy atom. The SMILES string of the molecule is CNS(=O)(=O)c1cccc(C(=O)OCC(=O)c2ccc(C)s2)c1. The zero-order valence-corrected chi connectivity index (χ0v) is 14.2. The van der Waals surface area contributed by atoms with Crippen molar-refractivity contribution < 1.29 is 22.7 Å². The van der Waals surface area contributed by atoms with Crippen molar-refractivity contribution in [1.29, 1.82) is 0 Å². The first kappa shape index (κ1) is 17.3. The molecule has 0 bridgehead atoms. The van der Waals surface area contributed by atoms with Crippen LogP contribution in [0.4, 0.5) is 0 Å². The zero-order valence-electron chi connectivity index (χ0n) is 12.5. The summed E-state index contributed by atoms with van der Waals surface area (Å²) in [6.07, 6.45) is 0. The maximum Gasteiger partial charge on any atom is 0.338 e. The van der Waals surface area contributed by atoms with Gasteiger partial charge in [0.05, 0.1) is 15.3 Å². The molecule has 0 saturated carbocycles. The molecule has 2 rings (SSSR count). The van der Waals surface area contributed by atoms with Gasteiger partial charge in [-0.15, -0.1) is 11.3 Å². The molecule has 0 unspecified atom stereocenters. The predicted molar refractivity (Wildman–Crippen MR) is 86.4 cm³/mol. The minimum absolute atomic E-state index is 0.0466. The first-order chi connectivity index (χ1) is 10.8. The summed E-state index contributed by atoms with van der Waals surface area (Å²) in [5.74, 6) is -1.05. The van der Waals surface area contributed by atoms with Crippen LogP contribution in [0.1, 0.15) is 24.9 Å². The molecule has 1 aromatic carbocycles. The van der Waals surface area contributed by atoms with Gasteiger partial charge in [-0.3, -0.25) is 4.79 Å². The van der Waals surface area contributed by atoms with Gasteiger partial charge in [-0.1, -0.05) is 6.07 Å². The van der Waals surface area contributed by atoms with Crippen LogP contribution in [0.2, 0.25) is 0 Å². The first-order valence-corrected chi connectivity index (χ1v) is 8.94. The van der Waals surface area contributed by atoms with Crippen LogP contribution in [0.25, 0.3) is 0 Å². The Hall–Kier alpha value is -2.03. The van der Waals surface area contributed by atoms with Gasteiger partial charge in [-0.25, -0.2) is 17.9 Å². The van der Waals surface area contributed by atoms with Gasteiger partial charge < -0.3 is 4.74 Å². The van der Waals surface area contributed by atoms with E-state index in [-0.39, 0.29) is 22.8 Å². The Balaban J connectivity index is 2.07. The summed E-state index contributed by atoms with van der Waals surface area (Å²) >= 11 is 1.32. The maximum absolute atomic E-state index is 12.0. The van der Waals surface area contributed by atoms with Crippen molar-refractivity contribution in [1.82, 2.24) is 4.72 Å². The fraction of sp³-hybridized carbons (Fsp3) is 0.200. The van der Waals surface area contributed by atoms with Crippen molar-refractivity contribution in [2.75, 3.05) is 13.7 Å². The topological polar surface area (TPSA) is 89.5 Å². The molecule has 0 aliphatic rings. The van der Waals surface area contributed by atoms with E-state index in [1.165, 1.54) is 42.6 Å². The van der Waals surface area contributed by atoms with Crippen LogP contribution >= 0.6 is 11.3 Å². The normalized spacial score (nSPS) is 11.2. The molecule has 0 fully saturated rings. The zero-order chi connectivity index (χ0) is 17.0. The third-order valence-corrected chi connectivity index (χ3v) is 5.45. The number of aryl methyl sites for hydroxylation is 1. The molecule has 0 aliphatic heterocycles. The smallest absolute Gasteiger partial charge is 0.338 e. The molecule has 1 N–H and O–H groups in total. The number of sulfonamides is 1. The highest BCUT2D eigenvalue weighted by Gasteiger charge is 2.16. The number of rotatable bonds is 6. The number of benzene rings is 1. The van der Waals surface area contributed by atoms with Crippen LogP contribution in [0.15, 0.2) is 41.3 Å². The molecule has 8 heteroatoms. The third-order valence-electron chi connectivity index (χ3n) is 3.00. The minimum atomic E-state index is -3.65. The molecule has 0 aliphatic carbocycles. The molecule has 1 aromatic heterocycles. The first-order valence-electron chi connectivity index (χ1n) is 6.64. The summed E-state index contributed by atoms with van der Waals surface area (Å²) in [7, 11) is -2.37. The van der Waals surface area contributed by atoms with Crippen molar-refractivity contribution in [2.45, 2.75) is 11.8 Å². The fourth-order valence-corrected chi connectivity index (χ4v) is 3.35. The van der Waals surface area contributed by atoms with Crippen LogP contribution in [0, 0.1) is 6.92 Å². The van der Waals surface area contributed by atoms with E-state index >= 15 is 0 Å². The molecule has 1 heterocycles.